The molecule has 1 fully saturated rings. The van der Waals surface area contributed by atoms with Gasteiger partial charge < -0.3 is 15.7 Å². The van der Waals surface area contributed by atoms with Crippen LogP contribution in [0.2, 0.25) is 0 Å². The Morgan fingerprint density at radius 1 is 1.24 bits per heavy atom. The van der Waals surface area contributed by atoms with E-state index in [0.29, 0.717) is 5.41 Å². The van der Waals surface area contributed by atoms with Gasteiger partial charge in [0.05, 0.1) is 12.3 Å². The molecule has 0 radical (unpaired) electrons. The van der Waals surface area contributed by atoms with Gasteiger partial charge in [-0.1, -0.05) is 26.0 Å². The maximum atomic E-state index is 9.03. The first-order chi connectivity index (χ1) is 14.0. The molecule has 1 saturated heterocycles. The molecule has 1 aromatic carbocycles. The molecule has 29 heavy (non-hydrogen) atoms. The van der Waals surface area contributed by atoms with E-state index < -0.39 is 0 Å². The molecule has 3 N–H and O–H groups in total. The Morgan fingerprint density at radius 3 is 2.79 bits per heavy atom. The van der Waals surface area contributed by atoms with Crippen molar-refractivity contribution in [1.82, 2.24) is 9.88 Å². The minimum atomic E-state index is -0.0738. The minimum Gasteiger partial charge on any atom is -0.395 e. The zero-order valence-electron chi connectivity index (χ0n) is 17.7. The van der Waals surface area contributed by atoms with Crippen molar-refractivity contribution in [2.75, 3.05) is 44.2 Å². The summed E-state index contributed by atoms with van der Waals surface area (Å²) in [5, 5.41) is 12.4. The van der Waals surface area contributed by atoms with Crippen LogP contribution < -0.4 is 10.6 Å². The highest BCUT2D eigenvalue weighted by atomic mass is 32.1. The summed E-state index contributed by atoms with van der Waals surface area (Å²) in [7, 11) is 0. The summed E-state index contributed by atoms with van der Waals surface area (Å²) in [6.45, 7) is 10.0. The van der Waals surface area contributed by atoms with Crippen molar-refractivity contribution in [3.8, 4) is 11.3 Å². The molecule has 0 bridgehead atoms. The summed E-state index contributed by atoms with van der Waals surface area (Å²) in [4.78, 5) is 9.88. The molecule has 1 aromatic heterocycles. The van der Waals surface area contributed by atoms with E-state index in [0.717, 1.165) is 56.4 Å². The molecule has 2 heterocycles. The second-order valence-electron chi connectivity index (χ2n) is 9.18. The average Bonchev–Trinajstić information content (AvgIpc) is 3.33. The van der Waals surface area contributed by atoms with Crippen molar-refractivity contribution in [3.05, 3.63) is 34.7 Å². The first kappa shape index (κ1) is 20.8. The molecule has 1 aliphatic heterocycles. The Kier molecular flexibility index (Phi) is 6.25. The zero-order valence-corrected chi connectivity index (χ0v) is 18.5. The summed E-state index contributed by atoms with van der Waals surface area (Å²) >= 11 is 1.76. The molecule has 0 saturated carbocycles. The van der Waals surface area contributed by atoms with Gasteiger partial charge in [-0.05, 0) is 54.8 Å². The largest absolute Gasteiger partial charge is 0.395 e. The van der Waals surface area contributed by atoms with E-state index >= 15 is 0 Å². The van der Waals surface area contributed by atoms with Gasteiger partial charge in [-0.3, -0.25) is 4.90 Å². The number of nitrogens with two attached hydrogens (primary N) is 1. The molecule has 4 rings (SSSR count). The van der Waals surface area contributed by atoms with Gasteiger partial charge in [0.25, 0.3) is 0 Å². The lowest BCUT2D eigenvalue weighted by Gasteiger charge is -2.34. The highest BCUT2D eigenvalue weighted by Crippen LogP contribution is 2.40. The van der Waals surface area contributed by atoms with Crippen molar-refractivity contribution in [2.24, 2.45) is 5.73 Å². The van der Waals surface area contributed by atoms with Crippen LogP contribution in [0.1, 0.15) is 44.2 Å². The molecule has 0 spiro atoms. The first-order valence-electron chi connectivity index (χ1n) is 10.9. The van der Waals surface area contributed by atoms with E-state index in [-0.39, 0.29) is 12.6 Å². The molecule has 0 unspecified atom stereocenters. The van der Waals surface area contributed by atoms with E-state index in [4.69, 9.17) is 15.8 Å². The van der Waals surface area contributed by atoms with Crippen LogP contribution in [0.4, 0.5) is 5.13 Å². The van der Waals surface area contributed by atoms with Gasteiger partial charge in [0.15, 0.2) is 5.13 Å². The molecular formula is C23H34N4OS. The predicted octanol–water partition coefficient (Wildman–Crippen LogP) is 3.26. The first-order valence-corrected chi connectivity index (χ1v) is 11.8. The highest BCUT2D eigenvalue weighted by Gasteiger charge is 2.29. The molecular weight excluding hydrogens is 380 g/mol. The number of aromatic nitrogens is 1. The van der Waals surface area contributed by atoms with Crippen LogP contribution in [-0.2, 0) is 11.8 Å². The van der Waals surface area contributed by atoms with Crippen LogP contribution in [0, 0.1) is 0 Å². The summed E-state index contributed by atoms with van der Waals surface area (Å²) in [6, 6.07) is 6.85. The Balaban J connectivity index is 1.34. The monoisotopic (exact) mass is 414 g/mol. The van der Waals surface area contributed by atoms with Crippen molar-refractivity contribution in [3.63, 3.8) is 0 Å². The SMILES string of the molecule is CC1(C)CCc2cc(-c3csc(N4CCN(CCC[C@@H](N)CO)CC4)n3)ccc21. The number of aryl methyl sites for hydroxylation is 1. The van der Waals surface area contributed by atoms with Crippen LogP contribution >= 0.6 is 11.3 Å². The molecule has 2 aliphatic rings. The number of fused-ring (bicyclic) bond motifs is 1. The number of hydrogen-bond acceptors (Lipinski definition) is 6. The van der Waals surface area contributed by atoms with Crippen LogP contribution in [0.3, 0.4) is 0 Å². The Morgan fingerprint density at radius 2 is 2.03 bits per heavy atom. The lowest BCUT2D eigenvalue weighted by atomic mass is 9.86. The fourth-order valence-corrected chi connectivity index (χ4v) is 5.46. The third-order valence-electron chi connectivity index (χ3n) is 6.57. The lowest BCUT2D eigenvalue weighted by Crippen LogP contribution is -2.46. The van der Waals surface area contributed by atoms with Crippen LogP contribution in [0.5, 0.6) is 0 Å². The van der Waals surface area contributed by atoms with E-state index in [1.165, 1.54) is 29.5 Å². The number of nitrogens with zero attached hydrogens (tertiary/aromatic N) is 3. The van der Waals surface area contributed by atoms with E-state index in [2.05, 4.69) is 47.2 Å². The maximum absolute atomic E-state index is 9.03. The number of thiazole rings is 1. The average molecular weight is 415 g/mol. The van der Waals surface area contributed by atoms with E-state index in [1.807, 2.05) is 0 Å². The second-order valence-corrected chi connectivity index (χ2v) is 10.0. The second kappa shape index (κ2) is 8.72. The smallest absolute Gasteiger partial charge is 0.185 e. The fourth-order valence-electron chi connectivity index (χ4n) is 4.58. The Labute approximate surface area is 178 Å². The molecule has 0 amide bonds. The number of anilines is 1. The number of aliphatic hydroxyl groups excluding tert-OH is 1. The van der Waals surface area contributed by atoms with Gasteiger partial charge in [0.2, 0.25) is 0 Å². The van der Waals surface area contributed by atoms with E-state index in [9.17, 15) is 0 Å². The van der Waals surface area contributed by atoms with Crippen molar-refractivity contribution >= 4 is 16.5 Å². The number of hydrogen-bond donors (Lipinski definition) is 2. The molecule has 1 aliphatic carbocycles. The van der Waals surface area contributed by atoms with Crippen molar-refractivity contribution in [2.45, 2.75) is 51.0 Å². The summed E-state index contributed by atoms with van der Waals surface area (Å²) in [6.07, 6.45) is 4.37. The minimum absolute atomic E-state index is 0.0738. The normalized spacial score (nSPS) is 20.1. The van der Waals surface area contributed by atoms with Crippen molar-refractivity contribution < 1.29 is 5.11 Å². The Bertz CT molecular complexity index is 826. The fraction of sp³-hybridized carbons (Fsp3) is 0.609. The topological polar surface area (TPSA) is 65.6 Å². The number of aliphatic hydroxyl groups is 1. The van der Waals surface area contributed by atoms with Gasteiger partial charge in [-0.25, -0.2) is 4.98 Å². The lowest BCUT2D eigenvalue weighted by molar-refractivity contribution is 0.231. The van der Waals surface area contributed by atoms with Gasteiger partial charge in [0.1, 0.15) is 0 Å². The third-order valence-corrected chi connectivity index (χ3v) is 7.47. The number of piperazine rings is 1. The molecule has 6 heteroatoms. The zero-order chi connectivity index (χ0) is 20.4. The Hall–Kier alpha value is -1.47. The van der Waals surface area contributed by atoms with Gasteiger partial charge in [0, 0.05) is 43.2 Å². The molecule has 158 valence electrons. The molecule has 2 aromatic rings. The maximum Gasteiger partial charge on any atom is 0.185 e. The van der Waals surface area contributed by atoms with Crippen LogP contribution in [-0.4, -0.2) is 60.4 Å². The number of rotatable bonds is 7. The summed E-state index contributed by atoms with van der Waals surface area (Å²) < 4.78 is 0. The third kappa shape index (κ3) is 4.66. The van der Waals surface area contributed by atoms with Gasteiger partial charge in [-0.2, -0.15) is 0 Å². The van der Waals surface area contributed by atoms with Crippen LogP contribution in [0.15, 0.2) is 23.6 Å². The molecule has 5 nitrogen and oxygen atoms in total. The summed E-state index contributed by atoms with van der Waals surface area (Å²) in [5.41, 5.74) is 11.5. The standard InChI is InChI=1S/C23H34N4OS/c1-23(2)8-7-17-14-18(5-6-20(17)23)21-16-29-22(25-21)27-12-10-26(11-13-27)9-3-4-19(24)15-28/h5-6,14,16,19,28H,3-4,7-13,15,24H2,1-2H3/t19-/m1/s1. The van der Waals surface area contributed by atoms with Gasteiger partial charge in [-0.15, -0.1) is 11.3 Å². The van der Waals surface area contributed by atoms with Crippen molar-refractivity contribution in [1.29, 1.82) is 0 Å². The van der Waals surface area contributed by atoms with Crippen LogP contribution in [0.25, 0.3) is 11.3 Å². The highest BCUT2D eigenvalue weighted by molar-refractivity contribution is 7.14. The summed E-state index contributed by atoms with van der Waals surface area (Å²) in [5.74, 6) is 0. The van der Waals surface area contributed by atoms with Gasteiger partial charge >= 0.3 is 0 Å². The number of benzene rings is 1. The predicted molar refractivity (Wildman–Crippen MR) is 122 cm³/mol. The van der Waals surface area contributed by atoms with E-state index in [1.54, 1.807) is 11.3 Å². The quantitative estimate of drug-likeness (QED) is 0.728. The molecule has 1 atom stereocenters.